The lowest BCUT2D eigenvalue weighted by atomic mass is 9.99. The van der Waals surface area contributed by atoms with Crippen LogP contribution in [-0.4, -0.2) is 46.6 Å². The van der Waals surface area contributed by atoms with Crippen molar-refractivity contribution in [2.24, 2.45) is 5.92 Å². The minimum atomic E-state index is -1.03. The summed E-state index contributed by atoms with van der Waals surface area (Å²) in [5.74, 6) is -1.82. The fraction of sp³-hybridized carbons (Fsp3) is 0.857. The van der Waals surface area contributed by atoms with E-state index in [0.29, 0.717) is 5.75 Å². The molecule has 0 saturated carbocycles. The van der Waals surface area contributed by atoms with E-state index in [4.69, 9.17) is 0 Å². The zero-order valence-corrected chi connectivity index (χ0v) is 32.4. The molecule has 0 bridgehead atoms. The number of thiol groups is 1. The van der Waals surface area contributed by atoms with Crippen LogP contribution in [0, 0.1) is 5.92 Å². The summed E-state index contributed by atoms with van der Waals surface area (Å²) < 4.78 is 0. The molecular weight excluding hydrogens is 599 g/mol. The molecule has 0 fully saturated rings. The van der Waals surface area contributed by atoms with Crippen LogP contribution in [0.3, 0.4) is 0 Å². The monoisotopic (exact) mass is 678 g/mol. The predicted molar refractivity (Wildman–Crippen MR) is 210 cm³/mol. The van der Waals surface area contributed by atoms with E-state index in [9.17, 15) is 14.7 Å². The number of rotatable bonds is 37. The number of aliphatic carboxylic acids is 1. The van der Waals surface area contributed by atoms with Gasteiger partial charge in [0.2, 0.25) is 0 Å². The molecule has 0 aliphatic rings. The molecule has 47 heavy (non-hydrogen) atoms. The second-order valence-corrected chi connectivity index (χ2v) is 14.4. The summed E-state index contributed by atoms with van der Waals surface area (Å²) in [6.07, 6.45) is 45.4. The van der Waals surface area contributed by atoms with Crippen LogP contribution in [0.25, 0.3) is 0 Å². The molecule has 0 aromatic carbocycles. The maximum atomic E-state index is 13.0. The van der Waals surface area contributed by atoms with Crippen LogP contribution < -0.4 is 0 Å². The molecule has 0 saturated heterocycles. The van der Waals surface area contributed by atoms with Gasteiger partial charge in [-0.15, -0.1) is 0 Å². The maximum absolute atomic E-state index is 13.0. The summed E-state index contributed by atoms with van der Waals surface area (Å²) in [5, 5.41) is 9.46. The van der Waals surface area contributed by atoms with Crippen LogP contribution in [0.2, 0.25) is 0 Å². The third-order valence-electron chi connectivity index (χ3n) is 9.65. The molecule has 4 nitrogen and oxygen atoms in total. The van der Waals surface area contributed by atoms with Gasteiger partial charge in [-0.3, -0.25) is 14.5 Å². The van der Waals surface area contributed by atoms with Crippen molar-refractivity contribution in [2.45, 2.75) is 207 Å². The topological polar surface area (TPSA) is 57.6 Å². The fourth-order valence-corrected chi connectivity index (χ4v) is 6.75. The molecular formula is C42H79NO3S. The minimum absolute atomic E-state index is 0.193. The van der Waals surface area contributed by atoms with E-state index in [1.165, 1.54) is 174 Å². The van der Waals surface area contributed by atoms with Crippen LogP contribution >= 0.6 is 12.6 Å². The smallest absolute Gasteiger partial charge is 0.313 e. The van der Waals surface area contributed by atoms with Gasteiger partial charge in [0.25, 0.3) is 0 Å². The van der Waals surface area contributed by atoms with Gasteiger partial charge >= 0.3 is 5.97 Å². The molecule has 1 N–H and O–H groups in total. The number of hydrogen-bond acceptors (Lipinski definition) is 4. The number of hydrogen-bond donors (Lipinski definition) is 2. The van der Waals surface area contributed by atoms with Crippen molar-refractivity contribution in [3.63, 3.8) is 0 Å². The van der Waals surface area contributed by atoms with Gasteiger partial charge in [0.15, 0.2) is 5.78 Å². The SMILES string of the molecule is CCCCCCCC/C=C\CCCCCCCCN(CCCCCCCC/C=C\CCCCCCCC)C(CS)C(=O)C(C)C(=O)O. The Hall–Kier alpha value is -1.07. The molecule has 0 amide bonds. The molecule has 0 aliphatic carbocycles. The van der Waals surface area contributed by atoms with Crippen molar-refractivity contribution in [1.82, 2.24) is 4.90 Å². The molecule has 0 heterocycles. The third-order valence-corrected chi connectivity index (χ3v) is 10.00. The predicted octanol–water partition coefficient (Wildman–Crippen LogP) is 13.0. The summed E-state index contributed by atoms with van der Waals surface area (Å²) >= 11 is 4.50. The van der Waals surface area contributed by atoms with E-state index in [0.717, 1.165) is 25.9 Å². The Bertz CT molecular complexity index is 710. The molecule has 0 aromatic heterocycles. The number of carbonyl (C=O) groups is 2. The van der Waals surface area contributed by atoms with Crippen molar-refractivity contribution < 1.29 is 14.7 Å². The number of carbonyl (C=O) groups excluding carboxylic acids is 1. The molecule has 0 spiro atoms. The van der Waals surface area contributed by atoms with Crippen LogP contribution in [0.1, 0.15) is 201 Å². The van der Waals surface area contributed by atoms with E-state index in [-0.39, 0.29) is 5.78 Å². The Morgan fingerprint density at radius 1 is 0.532 bits per heavy atom. The highest BCUT2D eigenvalue weighted by atomic mass is 32.1. The first-order valence-electron chi connectivity index (χ1n) is 20.4. The first-order chi connectivity index (χ1) is 23.0. The molecule has 2 unspecified atom stereocenters. The summed E-state index contributed by atoms with van der Waals surface area (Å²) in [6, 6.07) is -0.407. The van der Waals surface area contributed by atoms with Gasteiger partial charge in [-0.25, -0.2) is 0 Å². The Morgan fingerprint density at radius 2 is 0.830 bits per heavy atom. The molecule has 0 rings (SSSR count). The van der Waals surface area contributed by atoms with E-state index in [1.54, 1.807) is 0 Å². The van der Waals surface area contributed by atoms with Gasteiger partial charge in [0.05, 0.1) is 6.04 Å². The Balaban J connectivity index is 4.20. The zero-order chi connectivity index (χ0) is 34.6. The largest absolute Gasteiger partial charge is 0.481 e. The number of ketones is 1. The number of carboxylic acids is 1. The highest BCUT2D eigenvalue weighted by Gasteiger charge is 2.31. The van der Waals surface area contributed by atoms with Crippen LogP contribution in [-0.2, 0) is 9.59 Å². The molecule has 276 valence electrons. The molecule has 0 aliphatic heterocycles. The van der Waals surface area contributed by atoms with Crippen molar-refractivity contribution in [3.05, 3.63) is 24.3 Å². The molecule has 0 aromatic rings. The Kier molecular flexibility index (Phi) is 35.4. The average Bonchev–Trinajstić information content (AvgIpc) is 3.07. The van der Waals surface area contributed by atoms with Gasteiger partial charge in [-0.2, -0.15) is 12.6 Å². The fourth-order valence-electron chi connectivity index (χ4n) is 6.34. The standard InChI is InChI=1S/C42H79NO3S/c1-4-6-8-10-12-14-16-18-20-22-24-26-28-30-32-34-36-43(40(38-47)41(44)39(3)42(45)46)37-35-33-31-29-27-25-23-21-19-17-15-13-11-9-7-5-2/h18-21,39-40,47H,4-17,22-38H2,1-3H3,(H,45,46)/b20-18-,21-19-. The van der Waals surface area contributed by atoms with Gasteiger partial charge in [-0.1, -0.05) is 154 Å². The van der Waals surface area contributed by atoms with Crippen LogP contribution in [0.5, 0.6) is 0 Å². The van der Waals surface area contributed by atoms with Crippen LogP contribution in [0.15, 0.2) is 24.3 Å². The second-order valence-electron chi connectivity index (χ2n) is 14.1. The highest BCUT2D eigenvalue weighted by Crippen LogP contribution is 2.17. The van der Waals surface area contributed by atoms with Gasteiger partial charge < -0.3 is 5.11 Å². The summed E-state index contributed by atoms with van der Waals surface area (Å²) in [7, 11) is 0. The van der Waals surface area contributed by atoms with E-state index >= 15 is 0 Å². The molecule has 2 atom stereocenters. The molecule has 0 radical (unpaired) electrons. The zero-order valence-electron chi connectivity index (χ0n) is 31.5. The Labute approximate surface area is 298 Å². The highest BCUT2D eigenvalue weighted by molar-refractivity contribution is 7.80. The van der Waals surface area contributed by atoms with E-state index < -0.39 is 17.9 Å². The third kappa shape index (κ3) is 29.6. The normalized spacial score (nSPS) is 13.3. The van der Waals surface area contributed by atoms with E-state index in [1.807, 2.05) is 0 Å². The van der Waals surface area contributed by atoms with Gasteiger partial charge in [0.1, 0.15) is 5.92 Å². The van der Waals surface area contributed by atoms with Crippen molar-refractivity contribution in [1.29, 1.82) is 0 Å². The van der Waals surface area contributed by atoms with Crippen LogP contribution in [0.4, 0.5) is 0 Å². The Morgan fingerprint density at radius 3 is 1.13 bits per heavy atom. The first kappa shape index (κ1) is 45.9. The first-order valence-corrected chi connectivity index (χ1v) is 21.0. The van der Waals surface area contributed by atoms with Gasteiger partial charge in [-0.05, 0) is 84.2 Å². The second kappa shape index (κ2) is 36.2. The maximum Gasteiger partial charge on any atom is 0.313 e. The number of unbranched alkanes of at least 4 members (excludes halogenated alkanes) is 24. The lowest BCUT2D eigenvalue weighted by Crippen LogP contribution is -2.47. The van der Waals surface area contributed by atoms with Crippen molar-refractivity contribution >= 4 is 24.4 Å². The number of Topliss-reactive ketones (excluding diaryl/α,β-unsaturated/α-hetero) is 1. The number of allylic oxidation sites excluding steroid dienone is 4. The lowest BCUT2D eigenvalue weighted by molar-refractivity contribution is -0.147. The summed E-state index contributed by atoms with van der Waals surface area (Å²) in [5.41, 5.74) is 0. The quantitative estimate of drug-likeness (QED) is 0.0297. The van der Waals surface area contributed by atoms with Gasteiger partial charge in [0, 0.05) is 5.75 Å². The van der Waals surface area contributed by atoms with Crippen molar-refractivity contribution in [2.75, 3.05) is 18.8 Å². The van der Waals surface area contributed by atoms with Crippen molar-refractivity contribution in [3.8, 4) is 0 Å². The number of carboxylic acid groups (broad SMARTS) is 1. The van der Waals surface area contributed by atoms with E-state index in [2.05, 4.69) is 55.7 Å². The summed E-state index contributed by atoms with van der Waals surface area (Å²) in [6.45, 7) is 7.78. The summed E-state index contributed by atoms with van der Waals surface area (Å²) in [4.78, 5) is 26.8. The average molecular weight is 678 g/mol. The molecule has 5 heteroatoms. The minimum Gasteiger partial charge on any atom is -0.481 e. The lowest BCUT2D eigenvalue weighted by Gasteiger charge is -2.31. The number of nitrogens with zero attached hydrogens (tertiary/aromatic N) is 1.